The smallest absolute Gasteiger partial charge is 0.314 e. The van der Waals surface area contributed by atoms with E-state index in [0.717, 1.165) is 38.6 Å². The molecule has 0 aromatic carbocycles. The Morgan fingerprint density at radius 1 is 1.15 bits per heavy atom. The van der Waals surface area contributed by atoms with Crippen LogP contribution in [0.3, 0.4) is 0 Å². The van der Waals surface area contributed by atoms with E-state index in [0.29, 0.717) is 13.1 Å². The van der Waals surface area contributed by atoms with Crippen LogP contribution in [0.15, 0.2) is 0 Å². The molecule has 0 radical (unpaired) electrons. The van der Waals surface area contributed by atoms with Crippen molar-refractivity contribution in [2.24, 2.45) is 5.41 Å². The summed E-state index contributed by atoms with van der Waals surface area (Å²) in [7, 11) is 3.90. The van der Waals surface area contributed by atoms with Gasteiger partial charge in [-0.2, -0.15) is 0 Å². The summed E-state index contributed by atoms with van der Waals surface area (Å²) < 4.78 is 0. The zero-order valence-corrected chi connectivity index (χ0v) is 12.6. The number of carboxylic acid groups (broad SMARTS) is 1. The fourth-order valence-corrected chi connectivity index (χ4v) is 2.76. The van der Waals surface area contributed by atoms with Crippen molar-refractivity contribution < 1.29 is 14.7 Å². The molecule has 1 aliphatic rings. The fourth-order valence-electron chi connectivity index (χ4n) is 2.76. The van der Waals surface area contributed by atoms with Crippen LogP contribution in [0.25, 0.3) is 0 Å². The molecule has 1 fully saturated rings. The Labute approximate surface area is 120 Å². The van der Waals surface area contributed by atoms with Crippen molar-refractivity contribution >= 4 is 12.0 Å². The number of aliphatic carboxylic acids is 1. The van der Waals surface area contributed by atoms with Crippen LogP contribution in [0.4, 0.5) is 4.79 Å². The molecular weight excluding hydrogens is 258 g/mol. The quantitative estimate of drug-likeness (QED) is 0.658. The molecule has 1 rings (SSSR count). The molecule has 0 saturated heterocycles. The normalized spacial score (nSPS) is 17.8. The average Bonchev–Trinajstić information content (AvgIpc) is 2.36. The van der Waals surface area contributed by atoms with Gasteiger partial charge in [-0.1, -0.05) is 19.3 Å². The Morgan fingerprint density at radius 3 is 2.35 bits per heavy atom. The van der Waals surface area contributed by atoms with Gasteiger partial charge in [-0.15, -0.1) is 0 Å². The molecule has 0 heterocycles. The molecule has 1 aliphatic carbocycles. The summed E-state index contributed by atoms with van der Waals surface area (Å²) in [6.45, 7) is 1.82. The summed E-state index contributed by atoms with van der Waals surface area (Å²) in [4.78, 5) is 24.7. The van der Waals surface area contributed by atoms with Crippen LogP contribution in [-0.4, -0.2) is 55.7 Å². The van der Waals surface area contributed by atoms with Gasteiger partial charge < -0.3 is 20.6 Å². The van der Waals surface area contributed by atoms with Crippen LogP contribution in [0, 0.1) is 5.41 Å². The second kappa shape index (κ2) is 8.09. The van der Waals surface area contributed by atoms with Crippen LogP contribution in [0.2, 0.25) is 0 Å². The zero-order chi connectivity index (χ0) is 15.0. The molecule has 0 bridgehead atoms. The summed E-state index contributed by atoms with van der Waals surface area (Å²) in [5, 5.41) is 14.7. The number of likely N-dealkylation sites (N-methyl/N-ethyl adjacent to an activating group) is 1. The summed E-state index contributed by atoms with van der Waals surface area (Å²) in [6, 6.07) is -0.206. The lowest BCUT2D eigenvalue weighted by Gasteiger charge is -2.36. The predicted molar refractivity (Wildman–Crippen MR) is 77.7 cm³/mol. The number of hydrogen-bond acceptors (Lipinski definition) is 3. The first-order valence-electron chi connectivity index (χ1n) is 7.32. The molecule has 1 saturated carbocycles. The van der Waals surface area contributed by atoms with E-state index in [1.165, 1.54) is 0 Å². The van der Waals surface area contributed by atoms with E-state index in [1.807, 2.05) is 19.0 Å². The number of amides is 2. The third-order valence-electron chi connectivity index (χ3n) is 3.91. The molecule has 6 nitrogen and oxygen atoms in total. The maximum atomic E-state index is 11.7. The maximum absolute atomic E-state index is 11.7. The van der Waals surface area contributed by atoms with Crippen molar-refractivity contribution in [2.45, 2.75) is 38.5 Å². The number of urea groups is 1. The Kier molecular flexibility index (Phi) is 6.78. The van der Waals surface area contributed by atoms with Gasteiger partial charge in [0, 0.05) is 19.6 Å². The summed E-state index contributed by atoms with van der Waals surface area (Å²) >= 11 is 0. The number of carbonyl (C=O) groups is 2. The topological polar surface area (TPSA) is 81.7 Å². The molecule has 0 unspecified atom stereocenters. The van der Waals surface area contributed by atoms with E-state index in [2.05, 4.69) is 10.6 Å². The lowest BCUT2D eigenvalue weighted by atomic mass is 9.72. The lowest BCUT2D eigenvalue weighted by Crippen LogP contribution is -2.45. The number of carboxylic acids is 1. The molecule has 3 N–H and O–H groups in total. The Balaban J connectivity index is 2.37. The minimum Gasteiger partial charge on any atom is -0.481 e. The van der Waals surface area contributed by atoms with E-state index in [1.54, 1.807) is 0 Å². The van der Waals surface area contributed by atoms with Crippen LogP contribution in [-0.2, 0) is 4.79 Å². The maximum Gasteiger partial charge on any atom is 0.314 e. The number of rotatable bonds is 7. The number of hydrogen-bond donors (Lipinski definition) is 3. The largest absolute Gasteiger partial charge is 0.481 e. The van der Waals surface area contributed by atoms with Crippen LogP contribution < -0.4 is 10.6 Å². The molecule has 2 amide bonds. The second-order valence-corrected chi connectivity index (χ2v) is 6.04. The van der Waals surface area contributed by atoms with Crippen LogP contribution in [0.1, 0.15) is 38.5 Å². The molecule has 6 heteroatoms. The van der Waals surface area contributed by atoms with E-state index in [-0.39, 0.29) is 17.9 Å². The first kappa shape index (κ1) is 16.8. The first-order chi connectivity index (χ1) is 9.43. The molecule has 116 valence electrons. The molecule has 0 atom stereocenters. The molecule has 0 aromatic heterocycles. The Bertz CT molecular complexity index is 326. The van der Waals surface area contributed by atoms with Gasteiger partial charge >= 0.3 is 12.0 Å². The minimum absolute atomic E-state index is 0.144. The molecule has 0 spiro atoms. The van der Waals surface area contributed by atoms with Gasteiger partial charge in [-0.25, -0.2) is 4.79 Å². The van der Waals surface area contributed by atoms with E-state index >= 15 is 0 Å². The summed E-state index contributed by atoms with van der Waals surface area (Å²) in [5.74, 6) is -0.776. The van der Waals surface area contributed by atoms with Gasteiger partial charge in [0.05, 0.1) is 6.42 Å². The van der Waals surface area contributed by atoms with Gasteiger partial charge in [0.25, 0.3) is 0 Å². The number of nitrogens with one attached hydrogen (secondary N) is 2. The van der Waals surface area contributed by atoms with Gasteiger partial charge in [-0.05, 0) is 32.4 Å². The third-order valence-corrected chi connectivity index (χ3v) is 3.91. The highest BCUT2D eigenvalue weighted by Crippen LogP contribution is 2.38. The van der Waals surface area contributed by atoms with Crippen molar-refractivity contribution in [3.05, 3.63) is 0 Å². The van der Waals surface area contributed by atoms with E-state index in [4.69, 9.17) is 5.11 Å². The first-order valence-corrected chi connectivity index (χ1v) is 7.32. The van der Waals surface area contributed by atoms with Crippen molar-refractivity contribution in [1.82, 2.24) is 15.5 Å². The number of nitrogens with zero attached hydrogens (tertiary/aromatic N) is 1. The third kappa shape index (κ3) is 6.23. The SMILES string of the molecule is CN(C)CCNC(=O)NCC1(CC(=O)O)CCCCC1. The van der Waals surface area contributed by atoms with Crippen molar-refractivity contribution in [1.29, 1.82) is 0 Å². The van der Waals surface area contributed by atoms with Crippen molar-refractivity contribution in [2.75, 3.05) is 33.7 Å². The summed E-state index contributed by atoms with van der Waals surface area (Å²) in [6.07, 6.45) is 5.18. The highest BCUT2D eigenvalue weighted by atomic mass is 16.4. The van der Waals surface area contributed by atoms with Gasteiger partial charge in [-0.3, -0.25) is 4.79 Å². The van der Waals surface area contributed by atoms with Crippen molar-refractivity contribution in [3.63, 3.8) is 0 Å². The Hall–Kier alpha value is -1.30. The molecule has 20 heavy (non-hydrogen) atoms. The monoisotopic (exact) mass is 285 g/mol. The number of carbonyl (C=O) groups excluding carboxylic acids is 1. The zero-order valence-electron chi connectivity index (χ0n) is 12.6. The highest BCUT2D eigenvalue weighted by Gasteiger charge is 2.34. The fraction of sp³-hybridized carbons (Fsp3) is 0.857. The van der Waals surface area contributed by atoms with Gasteiger partial charge in [0.2, 0.25) is 0 Å². The predicted octanol–water partition coefficient (Wildman–Crippen LogP) is 1.27. The van der Waals surface area contributed by atoms with E-state index < -0.39 is 5.97 Å². The van der Waals surface area contributed by atoms with Gasteiger partial charge in [0.15, 0.2) is 0 Å². The van der Waals surface area contributed by atoms with Crippen molar-refractivity contribution in [3.8, 4) is 0 Å². The van der Waals surface area contributed by atoms with Gasteiger partial charge in [0.1, 0.15) is 0 Å². The molecular formula is C14H27N3O3. The molecule has 0 aliphatic heterocycles. The van der Waals surface area contributed by atoms with Crippen LogP contribution in [0.5, 0.6) is 0 Å². The minimum atomic E-state index is -0.776. The van der Waals surface area contributed by atoms with E-state index in [9.17, 15) is 9.59 Å². The standard InChI is InChI=1S/C14H27N3O3/c1-17(2)9-8-15-13(20)16-11-14(10-12(18)19)6-4-3-5-7-14/h3-11H2,1-2H3,(H,18,19)(H2,15,16,20). The Morgan fingerprint density at radius 2 is 1.80 bits per heavy atom. The average molecular weight is 285 g/mol. The highest BCUT2D eigenvalue weighted by molar-refractivity contribution is 5.74. The lowest BCUT2D eigenvalue weighted by molar-refractivity contribution is -0.140. The second-order valence-electron chi connectivity index (χ2n) is 6.04. The summed E-state index contributed by atoms with van der Waals surface area (Å²) in [5.41, 5.74) is -0.261. The van der Waals surface area contributed by atoms with Crippen LogP contribution >= 0.6 is 0 Å². The molecule has 0 aromatic rings.